The van der Waals surface area contributed by atoms with Gasteiger partial charge in [-0.2, -0.15) is 0 Å². The van der Waals surface area contributed by atoms with E-state index in [1.807, 2.05) is 30.3 Å². The number of hydrogen-bond acceptors (Lipinski definition) is 1. The van der Waals surface area contributed by atoms with Crippen molar-refractivity contribution in [2.75, 3.05) is 0 Å². The predicted molar refractivity (Wildman–Crippen MR) is 96.1 cm³/mol. The van der Waals surface area contributed by atoms with Crippen LogP contribution in [0.25, 0.3) is 43.4 Å². The third-order valence-electron chi connectivity index (χ3n) is 5.06. The van der Waals surface area contributed by atoms with Crippen molar-refractivity contribution < 1.29 is 9.10 Å². The lowest BCUT2D eigenvalue weighted by atomic mass is 10.1. The highest BCUT2D eigenvalue weighted by atomic mass is 16.3. The van der Waals surface area contributed by atoms with Gasteiger partial charge in [0.25, 0.3) is 0 Å². The highest BCUT2D eigenvalue weighted by molar-refractivity contribution is 6.06. The molecule has 0 N–H and O–H groups in total. The molecular weight excluding hydrogens is 310 g/mol. The Morgan fingerprint density at radius 3 is 2.84 bits per heavy atom. The van der Waals surface area contributed by atoms with Crippen LogP contribution in [-0.4, -0.2) is 4.68 Å². The lowest BCUT2D eigenvalue weighted by Gasteiger charge is -2.00. The molecule has 0 bridgehead atoms. The molecule has 0 unspecified atom stereocenters. The fourth-order valence-electron chi connectivity index (χ4n) is 4.00. The van der Waals surface area contributed by atoms with E-state index in [0.717, 1.165) is 45.1 Å². The van der Waals surface area contributed by atoms with Crippen LogP contribution in [0.4, 0.5) is 5.69 Å². The number of benzene rings is 3. The summed E-state index contributed by atoms with van der Waals surface area (Å²) in [6, 6.07) is 18.3. The third-order valence-corrected chi connectivity index (χ3v) is 5.06. The summed E-state index contributed by atoms with van der Waals surface area (Å²) in [5.74, 6) is 0. The van der Waals surface area contributed by atoms with Gasteiger partial charge in [-0.25, -0.2) is 4.85 Å². The number of aromatic nitrogens is 2. The number of fused-ring (bicyclic) bond motifs is 8. The minimum absolute atomic E-state index is 0.675. The zero-order valence-electron chi connectivity index (χ0n) is 13.2. The van der Waals surface area contributed by atoms with E-state index in [9.17, 15) is 0 Å². The number of furan rings is 1. The summed E-state index contributed by atoms with van der Waals surface area (Å²) in [6.07, 6.45) is 2.12. The maximum Gasteiger partial charge on any atom is 0.217 e. The van der Waals surface area contributed by atoms with Crippen LogP contribution in [0.1, 0.15) is 5.56 Å². The number of nitrogens with zero attached hydrogens (tertiary/aromatic N) is 3. The van der Waals surface area contributed by atoms with Gasteiger partial charge in [-0.05, 0) is 18.2 Å². The van der Waals surface area contributed by atoms with Crippen LogP contribution in [0.5, 0.6) is 0 Å². The van der Waals surface area contributed by atoms with E-state index >= 15 is 0 Å². The lowest BCUT2D eigenvalue weighted by molar-refractivity contribution is -0.749. The van der Waals surface area contributed by atoms with Crippen LogP contribution in [-0.2, 0) is 6.54 Å². The smallest absolute Gasteiger partial charge is 0.217 e. The van der Waals surface area contributed by atoms with E-state index in [4.69, 9.17) is 11.0 Å². The molecule has 0 saturated heterocycles. The third kappa shape index (κ3) is 1.52. The largest absolute Gasteiger partial charge is 0.456 e. The van der Waals surface area contributed by atoms with Crippen molar-refractivity contribution in [1.29, 1.82) is 0 Å². The molecule has 1 aliphatic rings. The first-order valence-electron chi connectivity index (χ1n) is 8.20. The van der Waals surface area contributed by atoms with Crippen molar-refractivity contribution >= 4 is 38.5 Å². The molecule has 2 aromatic heterocycles. The van der Waals surface area contributed by atoms with Gasteiger partial charge in [0.05, 0.1) is 12.0 Å². The van der Waals surface area contributed by atoms with Gasteiger partial charge in [-0.15, -0.1) is 9.36 Å². The van der Waals surface area contributed by atoms with E-state index in [0.29, 0.717) is 5.69 Å². The molecule has 0 amide bonds. The van der Waals surface area contributed by atoms with E-state index in [1.54, 1.807) is 0 Å². The van der Waals surface area contributed by atoms with Crippen LogP contribution in [0.2, 0.25) is 0 Å². The van der Waals surface area contributed by atoms with Crippen molar-refractivity contribution in [3.8, 4) is 5.69 Å². The molecule has 25 heavy (non-hydrogen) atoms. The second-order valence-corrected chi connectivity index (χ2v) is 6.44. The Balaban J connectivity index is 1.74. The molecule has 6 rings (SSSR count). The molecule has 0 radical (unpaired) electrons. The SMILES string of the molecule is [C-]#[N+]c1cccc2c[n+]3n(c12)-c1cc2oc4ccccc4c2cc1C3. The van der Waals surface area contributed by atoms with Crippen molar-refractivity contribution in [2.45, 2.75) is 6.54 Å². The van der Waals surface area contributed by atoms with Crippen LogP contribution >= 0.6 is 0 Å². The Morgan fingerprint density at radius 1 is 1.00 bits per heavy atom. The second-order valence-electron chi connectivity index (χ2n) is 6.44. The van der Waals surface area contributed by atoms with E-state index in [2.05, 4.69) is 44.7 Å². The van der Waals surface area contributed by atoms with E-state index < -0.39 is 0 Å². The van der Waals surface area contributed by atoms with E-state index in [-0.39, 0.29) is 0 Å². The highest BCUT2D eigenvalue weighted by Gasteiger charge is 2.30. The van der Waals surface area contributed by atoms with Crippen molar-refractivity contribution in [2.24, 2.45) is 0 Å². The Morgan fingerprint density at radius 2 is 1.92 bits per heavy atom. The molecule has 1 aliphatic heterocycles. The van der Waals surface area contributed by atoms with Gasteiger partial charge < -0.3 is 4.42 Å². The van der Waals surface area contributed by atoms with Gasteiger partial charge in [0.15, 0.2) is 6.54 Å². The molecule has 0 spiro atoms. The fourth-order valence-corrected chi connectivity index (χ4v) is 4.00. The Kier molecular flexibility index (Phi) is 2.19. The lowest BCUT2D eigenvalue weighted by Crippen LogP contribution is -2.36. The zero-order chi connectivity index (χ0) is 16.5. The average Bonchev–Trinajstić information content (AvgIpc) is 3.28. The Bertz CT molecular complexity index is 1380. The van der Waals surface area contributed by atoms with Gasteiger partial charge in [0.1, 0.15) is 22.4 Å². The van der Waals surface area contributed by atoms with Crippen molar-refractivity contribution in [1.82, 2.24) is 4.68 Å². The topological polar surface area (TPSA) is 26.3 Å². The molecule has 0 saturated carbocycles. The van der Waals surface area contributed by atoms with Crippen molar-refractivity contribution in [3.63, 3.8) is 0 Å². The van der Waals surface area contributed by atoms with Gasteiger partial charge in [-0.3, -0.25) is 0 Å². The summed E-state index contributed by atoms with van der Waals surface area (Å²) in [5.41, 5.74) is 5.78. The molecule has 3 heterocycles. The maximum absolute atomic E-state index is 7.50. The molecule has 0 atom stereocenters. The quantitative estimate of drug-likeness (QED) is 0.293. The van der Waals surface area contributed by atoms with Gasteiger partial charge >= 0.3 is 0 Å². The first kappa shape index (κ1) is 12.8. The molecule has 116 valence electrons. The summed E-state index contributed by atoms with van der Waals surface area (Å²) < 4.78 is 10.4. The monoisotopic (exact) mass is 322 g/mol. The molecule has 0 fully saturated rings. The maximum atomic E-state index is 7.50. The second kappa shape index (κ2) is 4.28. The molecule has 4 heteroatoms. The Hall–Kier alpha value is -3.58. The van der Waals surface area contributed by atoms with Gasteiger partial charge in [0.2, 0.25) is 11.9 Å². The normalized spacial score (nSPS) is 12.6. The Labute approximate surface area is 142 Å². The van der Waals surface area contributed by atoms with E-state index in [1.165, 1.54) is 5.56 Å². The highest BCUT2D eigenvalue weighted by Crippen LogP contribution is 2.36. The van der Waals surface area contributed by atoms with Crippen LogP contribution in [0, 0.1) is 6.57 Å². The minimum atomic E-state index is 0.675. The standard InChI is InChI=1S/C21H12N3O/c1-22-17-7-4-5-13-11-23-12-14-9-16-15-6-2-3-8-19(15)25-20(16)10-18(14)24(23)21(13)17/h2-11H,12H2/q+1. The summed E-state index contributed by atoms with van der Waals surface area (Å²) >= 11 is 0. The molecule has 4 nitrogen and oxygen atoms in total. The summed E-state index contributed by atoms with van der Waals surface area (Å²) in [4.78, 5) is 3.71. The summed E-state index contributed by atoms with van der Waals surface area (Å²) in [5, 5.41) is 3.38. The summed E-state index contributed by atoms with van der Waals surface area (Å²) in [7, 11) is 0. The first-order chi connectivity index (χ1) is 12.3. The minimum Gasteiger partial charge on any atom is -0.456 e. The number of hydrogen-bond donors (Lipinski definition) is 0. The van der Waals surface area contributed by atoms with Crippen molar-refractivity contribution in [3.05, 3.63) is 77.8 Å². The molecule has 3 aromatic carbocycles. The zero-order valence-corrected chi connectivity index (χ0v) is 13.2. The average molecular weight is 322 g/mol. The summed E-state index contributed by atoms with van der Waals surface area (Å²) in [6.45, 7) is 8.30. The van der Waals surface area contributed by atoms with Gasteiger partial charge in [-0.1, -0.05) is 30.3 Å². The van der Waals surface area contributed by atoms with Crippen LogP contribution in [0.15, 0.2) is 65.2 Å². The molecular formula is C21H12N3O+. The first-order valence-corrected chi connectivity index (χ1v) is 8.20. The predicted octanol–water partition coefficient (Wildman–Crippen LogP) is 4.73. The number of para-hydroxylation sites is 2. The van der Waals surface area contributed by atoms with Crippen LogP contribution < -0.4 is 4.68 Å². The fraction of sp³-hybridized carbons (Fsp3) is 0.0476. The van der Waals surface area contributed by atoms with Crippen LogP contribution in [0.3, 0.4) is 0 Å². The van der Waals surface area contributed by atoms with Gasteiger partial charge in [0, 0.05) is 22.4 Å². The molecule has 0 aliphatic carbocycles. The molecule has 5 aromatic rings. The number of rotatable bonds is 0.